The number of para-hydroxylation sites is 1. The van der Waals surface area contributed by atoms with Gasteiger partial charge in [0.2, 0.25) is 5.88 Å². The lowest BCUT2D eigenvalue weighted by atomic mass is 9.86. The van der Waals surface area contributed by atoms with Crippen LogP contribution < -0.4 is 4.74 Å². The van der Waals surface area contributed by atoms with Crippen molar-refractivity contribution < 1.29 is 9.84 Å². The van der Waals surface area contributed by atoms with Crippen LogP contribution >= 0.6 is 0 Å². The highest BCUT2D eigenvalue weighted by atomic mass is 16.5. The zero-order valence-corrected chi connectivity index (χ0v) is 23.2. The van der Waals surface area contributed by atoms with Gasteiger partial charge >= 0.3 is 0 Å². The molecule has 3 heterocycles. The quantitative estimate of drug-likeness (QED) is 0.244. The molecular formula is C36H29N3O2. The van der Waals surface area contributed by atoms with Crippen LogP contribution in [0.3, 0.4) is 0 Å². The summed E-state index contributed by atoms with van der Waals surface area (Å²) in [5.74, 6) is 2.02. The molecule has 5 heteroatoms. The van der Waals surface area contributed by atoms with Crippen molar-refractivity contribution in [3.63, 3.8) is 0 Å². The first kappa shape index (κ1) is 24.9. The van der Waals surface area contributed by atoms with E-state index in [4.69, 9.17) is 9.72 Å². The van der Waals surface area contributed by atoms with E-state index < -0.39 is 0 Å². The van der Waals surface area contributed by atoms with E-state index in [1.165, 1.54) is 5.56 Å². The largest absolute Gasteiger partial charge is 0.506 e. The number of phenols is 1. The fourth-order valence-electron chi connectivity index (χ4n) is 5.51. The van der Waals surface area contributed by atoms with Crippen LogP contribution in [0, 0.1) is 0 Å². The van der Waals surface area contributed by atoms with Crippen LogP contribution in [-0.2, 0) is 5.41 Å². The number of benzene rings is 4. The van der Waals surface area contributed by atoms with Gasteiger partial charge < -0.3 is 9.84 Å². The number of pyridine rings is 2. The number of hydrogen-bond acceptors (Lipinski definition) is 4. The smallest absolute Gasteiger partial charge is 0.219 e. The Balaban J connectivity index is 1.29. The lowest BCUT2D eigenvalue weighted by molar-refractivity contribution is 0.460. The molecule has 0 saturated carbocycles. The summed E-state index contributed by atoms with van der Waals surface area (Å²) in [5.41, 5.74) is 6.02. The number of aromatic hydroxyl groups is 1. The molecule has 0 radical (unpaired) electrons. The highest BCUT2D eigenvalue weighted by Gasteiger charge is 2.16. The Labute approximate surface area is 238 Å². The zero-order valence-electron chi connectivity index (χ0n) is 23.2. The van der Waals surface area contributed by atoms with Gasteiger partial charge in [-0.1, -0.05) is 69.3 Å². The molecule has 0 unspecified atom stereocenters. The van der Waals surface area contributed by atoms with Crippen molar-refractivity contribution in [1.82, 2.24) is 14.5 Å². The molecule has 4 aromatic carbocycles. The van der Waals surface area contributed by atoms with Gasteiger partial charge in [0, 0.05) is 34.5 Å². The van der Waals surface area contributed by atoms with Gasteiger partial charge in [0.05, 0.1) is 11.0 Å². The summed E-state index contributed by atoms with van der Waals surface area (Å²) in [7, 11) is 0. The molecule has 0 aliphatic heterocycles. The molecule has 3 aromatic heterocycles. The predicted octanol–water partition coefficient (Wildman–Crippen LogP) is 9.19. The maximum atomic E-state index is 10.7. The highest BCUT2D eigenvalue weighted by Crippen LogP contribution is 2.37. The van der Waals surface area contributed by atoms with Crippen molar-refractivity contribution in [3.05, 3.63) is 121 Å². The minimum atomic E-state index is 0.0817. The molecule has 0 aliphatic carbocycles. The van der Waals surface area contributed by atoms with E-state index in [2.05, 4.69) is 72.8 Å². The number of phenolic OH excluding ortho intramolecular Hbond substituents is 1. The van der Waals surface area contributed by atoms with E-state index in [1.54, 1.807) is 12.3 Å². The van der Waals surface area contributed by atoms with Gasteiger partial charge in [-0.3, -0.25) is 4.57 Å². The van der Waals surface area contributed by atoms with Crippen molar-refractivity contribution in [2.45, 2.75) is 26.2 Å². The number of hydrogen-bond donors (Lipinski definition) is 1. The van der Waals surface area contributed by atoms with E-state index in [9.17, 15) is 5.11 Å². The van der Waals surface area contributed by atoms with E-state index in [0.29, 0.717) is 17.1 Å². The van der Waals surface area contributed by atoms with Gasteiger partial charge in [-0.15, -0.1) is 0 Å². The molecule has 0 amide bonds. The van der Waals surface area contributed by atoms with Crippen molar-refractivity contribution in [2.75, 3.05) is 0 Å². The van der Waals surface area contributed by atoms with Crippen LogP contribution in [0.15, 0.2) is 115 Å². The summed E-state index contributed by atoms with van der Waals surface area (Å²) < 4.78 is 8.43. The molecule has 5 nitrogen and oxygen atoms in total. The Morgan fingerprint density at radius 3 is 2.24 bits per heavy atom. The standard InChI is InChI=1S/C36H29N3O2/c1-36(2,3)24-13-11-23(12-14-24)26-17-19-32(40)35-29(26)18-20-34(38-35)41-25-15-16-28-27-8-4-5-9-30(27)39(31(28)22-25)33-10-6-7-21-37-33/h4-22,40H,1-3H3. The minimum Gasteiger partial charge on any atom is -0.506 e. The second-order valence-corrected chi connectivity index (χ2v) is 11.3. The third-order valence-corrected chi connectivity index (χ3v) is 7.62. The van der Waals surface area contributed by atoms with Gasteiger partial charge in [0.1, 0.15) is 22.8 Å². The number of aromatic nitrogens is 3. The molecule has 0 fully saturated rings. The molecule has 0 bridgehead atoms. The van der Waals surface area contributed by atoms with Crippen molar-refractivity contribution >= 4 is 32.7 Å². The van der Waals surface area contributed by atoms with Crippen molar-refractivity contribution in [1.29, 1.82) is 0 Å². The monoisotopic (exact) mass is 535 g/mol. The molecule has 1 N–H and O–H groups in total. The van der Waals surface area contributed by atoms with Gasteiger partial charge in [0.25, 0.3) is 0 Å². The number of ether oxygens (including phenoxy) is 1. The molecule has 7 aromatic rings. The average molecular weight is 536 g/mol. The maximum absolute atomic E-state index is 10.7. The van der Waals surface area contributed by atoms with Crippen LogP contribution in [-0.4, -0.2) is 19.6 Å². The summed E-state index contributed by atoms with van der Waals surface area (Å²) in [6.45, 7) is 6.62. The SMILES string of the molecule is CC(C)(C)c1ccc(-c2ccc(O)c3nc(Oc4ccc5c6ccccc6n(-c6ccccn6)c5c4)ccc23)cc1. The zero-order chi connectivity index (χ0) is 28.1. The number of nitrogens with zero attached hydrogens (tertiary/aromatic N) is 3. The summed E-state index contributed by atoms with van der Waals surface area (Å²) >= 11 is 0. The predicted molar refractivity (Wildman–Crippen MR) is 166 cm³/mol. The fourth-order valence-corrected chi connectivity index (χ4v) is 5.51. The van der Waals surface area contributed by atoms with Gasteiger partial charge in [-0.05, 0) is 70.6 Å². The van der Waals surface area contributed by atoms with E-state index in [1.807, 2.05) is 60.7 Å². The van der Waals surface area contributed by atoms with Gasteiger partial charge in [0.15, 0.2) is 0 Å². The summed E-state index contributed by atoms with van der Waals surface area (Å²) in [4.78, 5) is 9.34. The fraction of sp³-hybridized carbons (Fsp3) is 0.111. The molecule has 200 valence electrons. The highest BCUT2D eigenvalue weighted by molar-refractivity contribution is 6.09. The molecule has 0 spiro atoms. The van der Waals surface area contributed by atoms with Crippen LogP contribution in [0.4, 0.5) is 0 Å². The van der Waals surface area contributed by atoms with E-state index >= 15 is 0 Å². The molecule has 0 saturated heterocycles. The Morgan fingerprint density at radius 1 is 0.707 bits per heavy atom. The Hall–Kier alpha value is -5.16. The molecule has 41 heavy (non-hydrogen) atoms. The topological polar surface area (TPSA) is 60.2 Å². The molecule has 0 atom stereocenters. The Morgan fingerprint density at radius 2 is 1.46 bits per heavy atom. The summed E-state index contributed by atoms with van der Waals surface area (Å²) in [6.07, 6.45) is 1.80. The van der Waals surface area contributed by atoms with Gasteiger partial charge in [-0.2, -0.15) is 0 Å². The average Bonchev–Trinajstić information content (AvgIpc) is 3.31. The lowest BCUT2D eigenvalue weighted by Gasteiger charge is -2.19. The molecule has 0 aliphatic rings. The minimum absolute atomic E-state index is 0.0817. The van der Waals surface area contributed by atoms with Crippen LogP contribution in [0.5, 0.6) is 17.4 Å². The van der Waals surface area contributed by atoms with Crippen LogP contribution in [0.25, 0.3) is 49.7 Å². The second kappa shape index (κ2) is 9.49. The van der Waals surface area contributed by atoms with E-state index in [-0.39, 0.29) is 11.2 Å². The number of fused-ring (bicyclic) bond motifs is 4. The van der Waals surface area contributed by atoms with E-state index in [0.717, 1.165) is 44.1 Å². The van der Waals surface area contributed by atoms with Crippen molar-refractivity contribution in [3.8, 4) is 34.3 Å². The second-order valence-electron chi connectivity index (χ2n) is 11.3. The Bertz CT molecular complexity index is 2050. The normalized spacial score (nSPS) is 11.9. The summed E-state index contributed by atoms with van der Waals surface area (Å²) in [6, 6.07) is 36.3. The van der Waals surface area contributed by atoms with Gasteiger partial charge in [-0.25, -0.2) is 9.97 Å². The molecular weight excluding hydrogens is 506 g/mol. The van der Waals surface area contributed by atoms with Crippen molar-refractivity contribution in [2.24, 2.45) is 0 Å². The maximum Gasteiger partial charge on any atom is 0.219 e. The first-order valence-corrected chi connectivity index (χ1v) is 13.7. The first-order valence-electron chi connectivity index (χ1n) is 13.7. The summed E-state index contributed by atoms with van der Waals surface area (Å²) in [5, 5.41) is 13.9. The first-order chi connectivity index (χ1) is 19.9. The van der Waals surface area contributed by atoms with Crippen LogP contribution in [0.2, 0.25) is 0 Å². The third kappa shape index (κ3) is 4.36. The molecule has 7 rings (SSSR count). The lowest BCUT2D eigenvalue weighted by Crippen LogP contribution is -2.10. The number of rotatable bonds is 4. The third-order valence-electron chi connectivity index (χ3n) is 7.62. The Kier molecular flexibility index (Phi) is 5.75. The van der Waals surface area contributed by atoms with Crippen LogP contribution in [0.1, 0.15) is 26.3 Å².